The number of nitrogens with one attached hydrogen (secondary N) is 1. The molecule has 1 aliphatic carbocycles. The predicted octanol–water partition coefficient (Wildman–Crippen LogP) is 1.37. The van der Waals surface area contributed by atoms with Crippen LogP contribution in [-0.4, -0.2) is 41.8 Å². The molecule has 0 spiro atoms. The smallest absolute Gasteiger partial charge is 0.220 e. The summed E-state index contributed by atoms with van der Waals surface area (Å²) in [6.07, 6.45) is 3.25. The number of hydrogen-bond donors (Lipinski definition) is 1. The Kier molecular flexibility index (Phi) is 5.48. The van der Waals surface area contributed by atoms with E-state index in [4.69, 9.17) is 0 Å². The summed E-state index contributed by atoms with van der Waals surface area (Å²) in [6.45, 7) is 5.06. The van der Waals surface area contributed by atoms with E-state index < -0.39 is 0 Å². The normalized spacial score (nSPS) is 15.9. The van der Waals surface area contributed by atoms with Crippen LogP contribution < -0.4 is 5.32 Å². The first kappa shape index (κ1) is 12.0. The van der Waals surface area contributed by atoms with Gasteiger partial charge in [-0.3, -0.25) is 9.69 Å². The lowest BCUT2D eigenvalue weighted by Crippen LogP contribution is -2.36. The third-order valence-corrected chi connectivity index (χ3v) is 2.91. The number of likely N-dealkylation sites (N-methyl/N-ethyl adjacent to an activating group) is 1. The molecule has 1 N–H and O–H groups in total. The number of alkyl halides is 1. The molecule has 0 aromatic rings. The van der Waals surface area contributed by atoms with E-state index in [0.29, 0.717) is 6.42 Å². The Bertz CT molecular complexity index is 183. The Morgan fingerprint density at radius 1 is 1.57 bits per heavy atom. The second-order valence-corrected chi connectivity index (χ2v) is 4.44. The number of amides is 1. The van der Waals surface area contributed by atoms with E-state index in [2.05, 4.69) is 33.1 Å². The van der Waals surface area contributed by atoms with Crippen LogP contribution in [0.4, 0.5) is 0 Å². The summed E-state index contributed by atoms with van der Waals surface area (Å²) >= 11 is 3.25. The molecule has 0 aromatic carbocycles. The second kappa shape index (κ2) is 6.40. The Labute approximate surface area is 94.4 Å². The van der Waals surface area contributed by atoms with Gasteiger partial charge in [-0.15, -0.1) is 0 Å². The maximum absolute atomic E-state index is 11.1. The highest BCUT2D eigenvalue weighted by atomic mass is 79.9. The van der Waals surface area contributed by atoms with Gasteiger partial charge in [0.15, 0.2) is 0 Å². The number of carbonyl (C=O) groups excluding carboxylic acids is 1. The summed E-state index contributed by atoms with van der Waals surface area (Å²) in [6, 6.07) is 0.799. The van der Waals surface area contributed by atoms with E-state index in [1.54, 1.807) is 0 Å². The van der Waals surface area contributed by atoms with Crippen LogP contribution in [0.5, 0.6) is 0 Å². The molecule has 0 aliphatic heterocycles. The molecular weight excluding hydrogens is 244 g/mol. The van der Waals surface area contributed by atoms with Crippen molar-refractivity contribution >= 4 is 21.8 Å². The van der Waals surface area contributed by atoms with E-state index in [1.165, 1.54) is 12.8 Å². The van der Waals surface area contributed by atoms with Crippen molar-refractivity contribution < 1.29 is 4.79 Å². The Morgan fingerprint density at radius 2 is 2.29 bits per heavy atom. The second-order valence-electron chi connectivity index (χ2n) is 3.65. The number of rotatable bonds is 7. The highest BCUT2D eigenvalue weighted by Gasteiger charge is 2.27. The molecular formula is C10H19BrN2O. The van der Waals surface area contributed by atoms with E-state index in [-0.39, 0.29) is 5.91 Å². The van der Waals surface area contributed by atoms with Crippen LogP contribution in [-0.2, 0) is 4.79 Å². The minimum atomic E-state index is 0.147. The maximum Gasteiger partial charge on any atom is 0.220 e. The summed E-state index contributed by atoms with van der Waals surface area (Å²) in [7, 11) is 0. The molecule has 1 fully saturated rings. The van der Waals surface area contributed by atoms with Crippen molar-refractivity contribution in [3.63, 3.8) is 0 Å². The average molecular weight is 263 g/mol. The molecule has 1 amide bonds. The molecule has 0 atom stereocenters. The topological polar surface area (TPSA) is 32.3 Å². The van der Waals surface area contributed by atoms with E-state index in [9.17, 15) is 4.79 Å². The number of hydrogen-bond acceptors (Lipinski definition) is 2. The first-order valence-corrected chi connectivity index (χ1v) is 6.46. The summed E-state index contributed by atoms with van der Waals surface area (Å²) in [5.74, 6) is 0.147. The zero-order valence-corrected chi connectivity index (χ0v) is 10.3. The van der Waals surface area contributed by atoms with Gasteiger partial charge in [0.05, 0.1) is 0 Å². The van der Waals surface area contributed by atoms with E-state index in [0.717, 1.165) is 31.0 Å². The van der Waals surface area contributed by atoms with Crippen LogP contribution in [0.25, 0.3) is 0 Å². The Hall–Kier alpha value is -0.0900. The van der Waals surface area contributed by atoms with Crippen molar-refractivity contribution in [3.8, 4) is 0 Å². The van der Waals surface area contributed by atoms with Gasteiger partial charge in [0.1, 0.15) is 0 Å². The molecule has 82 valence electrons. The minimum absolute atomic E-state index is 0.147. The van der Waals surface area contributed by atoms with Crippen molar-refractivity contribution in [3.05, 3.63) is 0 Å². The van der Waals surface area contributed by atoms with E-state index >= 15 is 0 Å². The van der Waals surface area contributed by atoms with Crippen LogP contribution >= 0.6 is 15.9 Å². The monoisotopic (exact) mass is 262 g/mol. The van der Waals surface area contributed by atoms with Crippen molar-refractivity contribution in [2.75, 3.05) is 25.0 Å². The zero-order valence-electron chi connectivity index (χ0n) is 8.76. The standard InChI is InChI=1S/C10H19BrN2O/c1-2-13(9-3-4-9)8-7-12-10(14)5-6-11/h9H,2-8H2,1H3,(H,12,14). The van der Waals surface area contributed by atoms with Gasteiger partial charge in [-0.1, -0.05) is 22.9 Å². The lowest BCUT2D eigenvalue weighted by molar-refractivity contribution is -0.120. The zero-order chi connectivity index (χ0) is 10.4. The van der Waals surface area contributed by atoms with Crippen molar-refractivity contribution in [2.24, 2.45) is 0 Å². The summed E-state index contributed by atoms with van der Waals surface area (Å²) < 4.78 is 0. The van der Waals surface area contributed by atoms with Gasteiger partial charge in [0.2, 0.25) is 5.91 Å². The van der Waals surface area contributed by atoms with E-state index in [1.807, 2.05) is 0 Å². The molecule has 4 heteroatoms. The molecule has 0 heterocycles. The first-order valence-electron chi connectivity index (χ1n) is 5.34. The van der Waals surface area contributed by atoms with Crippen molar-refractivity contribution in [1.29, 1.82) is 0 Å². The fraction of sp³-hybridized carbons (Fsp3) is 0.900. The van der Waals surface area contributed by atoms with Crippen LogP contribution in [0.2, 0.25) is 0 Å². The van der Waals surface area contributed by atoms with Gasteiger partial charge in [0.25, 0.3) is 0 Å². The lowest BCUT2D eigenvalue weighted by Gasteiger charge is -2.19. The van der Waals surface area contributed by atoms with Gasteiger partial charge < -0.3 is 5.32 Å². The van der Waals surface area contributed by atoms with Crippen LogP contribution in [0.3, 0.4) is 0 Å². The molecule has 14 heavy (non-hydrogen) atoms. The summed E-state index contributed by atoms with van der Waals surface area (Å²) in [5.41, 5.74) is 0. The third kappa shape index (κ3) is 4.42. The van der Waals surface area contributed by atoms with Gasteiger partial charge in [0, 0.05) is 30.9 Å². The molecule has 0 aromatic heterocycles. The van der Waals surface area contributed by atoms with Gasteiger partial charge in [-0.2, -0.15) is 0 Å². The molecule has 1 aliphatic rings. The Morgan fingerprint density at radius 3 is 2.79 bits per heavy atom. The van der Waals surface area contributed by atoms with Gasteiger partial charge >= 0.3 is 0 Å². The molecule has 0 radical (unpaired) electrons. The fourth-order valence-electron chi connectivity index (χ4n) is 1.55. The SMILES string of the molecule is CCN(CCNC(=O)CCBr)C1CC1. The summed E-state index contributed by atoms with van der Waals surface area (Å²) in [5, 5.41) is 3.67. The summed E-state index contributed by atoms with van der Waals surface area (Å²) in [4.78, 5) is 13.6. The molecule has 1 saturated carbocycles. The maximum atomic E-state index is 11.1. The highest BCUT2D eigenvalue weighted by Crippen LogP contribution is 2.25. The molecule has 0 unspecified atom stereocenters. The lowest BCUT2D eigenvalue weighted by atomic mass is 10.4. The molecule has 0 bridgehead atoms. The molecule has 3 nitrogen and oxygen atoms in total. The number of halogens is 1. The number of nitrogens with zero attached hydrogens (tertiary/aromatic N) is 1. The largest absolute Gasteiger partial charge is 0.355 e. The van der Waals surface area contributed by atoms with Gasteiger partial charge in [-0.25, -0.2) is 0 Å². The van der Waals surface area contributed by atoms with Crippen LogP contribution in [0, 0.1) is 0 Å². The van der Waals surface area contributed by atoms with Crippen LogP contribution in [0.15, 0.2) is 0 Å². The van der Waals surface area contributed by atoms with Gasteiger partial charge in [-0.05, 0) is 19.4 Å². The predicted molar refractivity (Wildman–Crippen MR) is 61.7 cm³/mol. The first-order chi connectivity index (χ1) is 6.77. The van der Waals surface area contributed by atoms with Crippen molar-refractivity contribution in [1.82, 2.24) is 10.2 Å². The highest BCUT2D eigenvalue weighted by molar-refractivity contribution is 9.09. The number of carbonyl (C=O) groups is 1. The third-order valence-electron chi connectivity index (χ3n) is 2.51. The minimum Gasteiger partial charge on any atom is -0.355 e. The quantitative estimate of drug-likeness (QED) is 0.704. The van der Waals surface area contributed by atoms with Crippen molar-refractivity contribution in [2.45, 2.75) is 32.2 Å². The van der Waals surface area contributed by atoms with Crippen LogP contribution in [0.1, 0.15) is 26.2 Å². The average Bonchev–Trinajstić information content (AvgIpc) is 2.96. The Balaban J connectivity index is 2.03. The fourth-order valence-corrected chi connectivity index (χ4v) is 1.91. The molecule has 1 rings (SSSR count). The molecule has 0 saturated heterocycles.